The van der Waals surface area contributed by atoms with E-state index >= 15 is 0 Å². The van der Waals surface area contributed by atoms with Crippen LogP contribution in [0.1, 0.15) is 22.5 Å². The van der Waals surface area contributed by atoms with Gasteiger partial charge in [-0.1, -0.05) is 36.4 Å². The maximum absolute atomic E-state index is 12.1. The monoisotopic (exact) mass is 234 g/mol. The molecule has 0 aliphatic heterocycles. The number of hydrogen-bond donors (Lipinski definition) is 0. The minimum absolute atomic E-state index is 0.153. The summed E-state index contributed by atoms with van der Waals surface area (Å²) in [5.74, 6) is 0.153. The van der Waals surface area contributed by atoms with Crippen LogP contribution < -0.4 is 0 Å². The summed E-state index contributed by atoms with van der Waals surface area (Å²) < 4.78 is 1.92. The van der Waals surface area contributed by atoms with Gasteiger partial charge in [-0.25, -0.2) is 4.98 Å². The summed E-state index contributed by atoms with van der Waals surface area (Å²) in [6, 6.07) is 8.06. The zero-order valence-corrected chi connectivity index (χ0v) is 9.63. The summed E-state index contributed by atoms with van der Waals surface area (Å²) in [4.78, 5) is 16.6. The molecule has 0 saturated heterocycles. The molecular formula is C15H10N2O. The highest BCUT2D eigenvalue weighted by atomic mass is 16.1. The summed E-state index contributed by atoms with van der Waals surface area (Å²) in [6.07, 6.45) is 8.11. The van der Waals surface area contributed by atoms with E-state index < -0.39 is 0 Å². The summed E-state index contributed by atoms with van der Waals surface area (Å²) in [5.41, 5.74) is 2.51. The number of allylic oxidation sites excluding steroid dienone is 1. The van der Waals surface area contributed by atoms with Gasteiger partial charge in [0.1, 0.15) is 5.65 Å². The average molecular weight is 234 g/mol. The first-order valence-corrected chi connectivity index (χ1v) is 5.93. The van der Waals surface area contributed by atoms with Crippen LogP contribution in [0.15, 0.2) is 42.7 Å². The maximum atomic E-state index is 12.1. The number of rotatable bonds is 0. The fraction of sp³-hybridized carbons (Fsp3) is 0.0667. The summed E-state index contributed by atoms with van der Waals surface area (Å²) in [5, 5.41) is 2.20. The standard InChI is InChI=1S/C15H10N2O/c18-13-7-3-5-10-8-16-15-12-6-2-1-4-11(12)9-17(15)14(10)13/h1-6,8-9H,7H2. The molecule has 0 amide bonds. The number of carbonyl (C=O) groups excluding carboxylic acids is 1. The van der Waals surface area contributed by atoms with Gasteiger partial charge in [0.25, 0.3) is 0 Å². The lowest BCUT2D eigenvalue weighted by molar-refractivity contribution is 0.0988. The second-order valence-electron chi connectivity index (χ2n) is 4.50. The van der Waals surface area contributed by atoms with Gasteiger partial charge in [-0.2, -0.15) is 0 Å². The number of Topliss-reactive ketones (excluding diaryl/α,β-unsaturated/α-hetero) is 1. The Hall–Kier alpha value is -2.42. The van der Waals surface area contributed by atoms with E-state index in [1.165, 1.54) is 0 Å². The largest absolute Gasteiger partial charge is 0.297 e. The van der Waals surface area contributed by atoms with Crippen molar-refractivity contribution in [3.63, 3.8) is 0 Å². The molecule has 18 heavy (non-hydrogen) atoms. The normalized spacial score (nSPS) is 14.3. The first-order chi connectivity index (χ1) is 8.84. The molecule has 2 aromatic heterocycles. The first-order valence-electron chi connectivity index (χ1n) is 5.93. The van der Waals surface area contributed by atoms with Crippen LogP contribution >= 0.6 is 0 Å². The van der Waals surface area contributed by atoms with Gasteiger partial charge in [0, 0.05) is 35.2 Å². The Morgan fingerprint density at radius 1 is 1.22 bits per heavy atom. The van der Waals surface area contributed by atoms with E-state index in [2.05, 4.69) is 4.98 Å². The Morgan fingerprint density at radius 3 is 3.06 bits per heavy atom. The minimum Gasteiger partial charge on any atom is -0.297 e. The highest BCUT2D eigenvalue weighted by molar-refractivity contribution is 6.04. The van der Waals surface area contributed by atoms with Crippen LogP contribution in [0.5, 0.6) is 0 Å². The van der Waals surface area contributed by atoms with E-state index in [9.17, 15) is 4.79 Å². The molecule has 1 aliphatic carbocycles. The van der Waals surface area contributed by atoms with Crippen molar-refractivity contribution < 1.29 is 4.79 Å². The van der Waals surface area contributed by atoms with Crippen LogP contribution in [0.3, 0.4) is 0 Å². The van der Waals surface area contributed by atoms with Crippen molar-refractivity contribution in [3.05, 3.63) is 54.0 Å². The number of ketones is 1. The van der Waals surface area contributed by atoms with Crippen molar-refractivity contribution in [2.75, 3.05) is 0 Å². The number of carbonyl (C=O) groups is 1. The van der Waals surface area contributed by atoms with E-state index in [0.717, 1.165) is 27.7 Å². The predicted molar refractivity (Wildman–Crippen MR) is 70.7 cm³/mol. The predicted octanol–water partition coefficient (Wildman–Crippen LogP) is 3.09. The molecule has 0 N–H and O–H groups in total. The van der Waals surface area contributed by atoms with Gasteiger partial charge < -0.3 is 0 Å². The van der Waals surface area contributed by atoms with Gasteiger partial charge in [0.05, 0.1) is 5.69 Å². The number of benzene rings is 1. The molecule has 0 bridgehead atoms. The number of fused-ring (bicyclic) bond motifs is 5. The zero-order chi connectivity index (χ0) is 12.1. The molecule has 0 unspecified atom stereocenters. The first kappa shape index (κ1) is 9.59. The topological polar surface area (TPSA) is 34.4 Å². The van der Waals surface area contributed by atoms with Gasteiger partial charge >= 0.3 is 0 Å². The smallest absolute Gasteiger partial charge is 0.184 e. The molecule has 0 fully saturated rings. The Morgan fingerprint density at radius 2 is 2.11 bits per heavy atom. The Kier molecular flexibility index (Phi) is 1.75. The van der Waals surface area contributed by atoms with Crippen LogP contribution in [0.2, 0.25) is 0 Å². The van der Waals surface area contributed by atoms with Gasteiger partial charge in [-0.05, 0) is 0 Å². The van der Waals surface area contributed by atoms with Crippen LogP contribution in [0.4, 0.5) is 0 Å². The van der Waals surface area contributed by atoms with Gasteiger partial charge in [-0.15, -0.1) is 0 Å². The van der Waals surface area contributed by atoms with Crippen LogP contribution in [0.25, 0.3) is 22.5 Å². The van der Waals surface area contributed by atoms with Crippen LogP contribution in [-0.4, -0.2) is 15.2 Å². The Bertz CT molecular complexity index is 827. The van der Waals surface area contributed by atoms with E-state index in [4.69, 9.17) is 0 Å². The van der Waals surface area contributed by atoms with E-state index in [1.807, 2.05) is 47.0 Å². The molecule has 0 radical (unpaired) electrons. The molecule has 0 spiro atoms. The second-order valence-corrected chi connectivity index (χ2v) is 4.50. The molecule has 1 aliphatic rings. The van der Waals surface area contributed by atoms with E-state index in [-0.39, 0.29) is 5.78 Å². The van der Waals surface area contributed by atoms with Gasteiger partial charge in [0.2, 0.25) is 0 Å². The lowest BCUT2D eigenvalue weighted by Gasteiger charge is -2.11. The molecule has 86 valence electrons. The lowest BCUT2D eigenvalue weighted by atomic mass is 10.0. The third-order valence-corrected chi connectivity index (χ3v) is 3.40. The number of nitrogens with zero attached hydrogens (tertiary/aromatic N) is 2. The molecule has 1 aromatic carbocycles. The van der Waals surface area contributed by atoms with Crippen LogP contribution in [0, 0.1) is 0 Å². The van der Waals surface area contributed by atoms with Crippen molar-refractivity contribution in [1.82, 2.24) is 9.38 Å². The molecule has 3 heteroatoms. The third kappa shape index (κ3) is 1.13. The van der Waals surface area contributed by atoms with Crippen molar-refractivity contribution >= 4 is 28.3 Å². The SMILES string of the molecule is O=C1CC=Cc2cnc3c4ccccc4cn3c21. The molecule has 0 saturated carbocycles. The molecule has 3 nitrogen and oxygen atoms in total. The molecule has 4 rings (SSSR count). The summed E-state index contributed by atoms with van der Waals surface area (Å²) >= 11 is 0. The second kappa shape index (κ2) is 3.29. The quantitative estimate of drug-likeness (QED) is 0.599. The molecule has 2 heterocycles. The Balaban J connectivity index is 2.24. The minimum atomic E-state index is 0.153. The summed E-state index contributed by atoms with van der Waals surface area (Å²) in [7, 11) is 0. The Labute approximate surface area is 103 Å². The molecule has 0 atom stereocenters. The molecule has 3 aromatic rings. The van der Waals surface area contributed by atoms with Crippen molar-refractivity contribution in [1.29, 1.82) is 0 Å². The number of hydrogen-bond acceptors (Lipinski definition) is 2. The van der Waals surface area contributed by atoms with E-state index in [1.54, 1.807) is 6.20 Å². The fourth-order valence-electron chi connectivity index (χ4n) is 2.58. The van der Waals surface area contributed by atoms with Gasteiger partial charge in [0.15, 0.2) is 5.78 Å². The molecular weight excluding hydrogens is 224 g/mol. The highest BCUT2D eigenvalue weighted by Gasteiger charge is 2.18. The maximum Gasteiger partial charge on any atom is 0.184 e. The zero-order valence-electron chi connectivity index (χ0n) is 9.63. The number of aromatic nitrogens is 2. The van der Waals surface area contributed by atoms with Gasteiger partial charge in [-0.3, -0.25) is 9.20 Å². The van der Waals surface area contributed by atoms with Crippen LogP contribution in [-0.2, 0) is 0 Å². The average Bonchev–Trinajstić information content (AvgIpc) is 2.77. The fourth-order valence-corrected chi connectivity index (χ4v) is 2.58. The van der Waals surface area contributed by atoms with Crippen molar-refractivity contribution in [2.45, 2.75) is 6.42 Å². The third-order valence-electron chi connectivity index (χ3n) is 3.40. The van der Waals surface area contributed by atoms with Crippen molar-refractivity contribution in [2.24, 2.45) is 0 Å². The lowest BCUT2D eigenvalue weighted by Crippen LogP contribution is -2.11. The van der Waals surface area contributed by atoms with E-state index in [0.29, 0.717) is 6.42 Å². The summed E-state index contributed by atoms with van der Waals surface area (Å²) in [6.45, 7) is 0. The van der Waals surface area contributed by atoms with Crippen molar-refractivity contribution in [3.8, 4) is 0 Å². The highest BCUT2D eigenvalue weighted by Crippen LogP contribution is 2.26.